The Hall–Kier alpha value is -0.175. The lowest BCUT2D eigenvalue weighted by Gasteiger charge is -2.25. The Balaban J connectivity index is 0.000000310. The first-order chi connectivity index (χ1) is 5.91. The van der Waals surface area contributed by atoms with E-state index in [1.807, 2.05) is 0 Å². The van der Waals surface area contributed by atoms with E-state index in [-0.39, 0.29) is 0 Å². The van der Waals surface area contributed by atoms with Gasteiger partial charge in [-0.25, -0.2) is 0 Å². The lowest BCUT2D eigenvalue weighted by molar-refractivity contribution is -0.0247. The van der Waals surface area contributed by atoms with Crippen LogP contribution in [-0.2, 0) is 0 Å². The molecule has 1 fully saturated rings. The van der Waals surface area contributed by atoms with E-state index in [9.17, 15) is 0 Å². The lowest BCUT2D eigenvalue weighted by Crippen LogP contribution is -2.32. The second kappa shape index (κ2) is 6.30. The van der Waals surface area contributed by atoms with Crippen LogP contribution in [0.25, 0.3) is 0 Å². The van der Waals surface area contributed by atoms with Gasteiger partial charge in [0.1, 0.15) is 0 Å². The van der Waals surface area contributed by atoms with Gasteiger partial charge in [-0.1, -0.05) is 0 Å². The van der Waals surface area contributed by atoms with Crippen LogP contribution >= 0.6 is 0 Å². The summed E-state index contributed by atoms with van der Waals surface area (Å²) in [5.74, 6) is 0. The molecule has 0 aromatic carbocycles. The summed E-state index contributed by atoms with van der Waals surface area (Å²) in [7, 11) is -2.17. The minimum absolute atomic E-state index is 0.414. The first kappa shape index (κ1) is 12.8. The van der Waals surface area contributed by atoms with Gasteiger partial charge in [0, 0.05) is 0 Å². The molecule has 1 aliphatic rings. The van der Waals surface area contributed by atoms with Crippen LogP contribution in [-0.4, -0.2) is 56.0 Å². The fourth-order valence-electron chi connectivity index (χ4n) is 1.23. The minimum atomic E-state index is -2.17. The summed E-state index contributed by atoms with van der Waals surface area (Å²) >= 11 is 0. The number of hydrogen-bond donors (Lipinski definition) is 6. The fourth-order valence-corrected chi connectivity index (χ4v) is 1.23. The molecule has 1 saturated carbocycles. The zero-order valence-corrected chi connectivity index (χ0v) is 7.11. The van der Waals surface area contributed by atoms with Gasteiger partial charge in [0.05, 0.1) is 18.3 Å². The fraction of sp³-hybridized carbons (Fsp3) is 1.00. The summed E-state index contributed by atoms with van der Waals surface area (Å²) in [5.41, 5.74) is 0. The number of rotatable bonds is 0. The number of hydrogen-bond acceptors (Lipinski definition) is 6. The van der Waals surface area contributed by atoms with E-state index in [1.54, 1.807) is 0 Å². The summed E-state index contributed by atoms with van der Waals surface area (Å²) in [4.78, 5) is 0. The topological polar surface area (TPSA) is 121 Å². The Bertz CT molecular complexity index is 105. The smallest absolute Gasteiger partial charge is 0.402 e. The predicted molar refractivity (Wildman–Crippen MR) is 44.3 cm³/mol. The molecule has 0 spiro atoms. The number of aliphatic hydroxyl groups is 3. The molecule has 1 rings (SSSR count). The van der Waals surface area contributed by atoms with Crippen LogP contribution in [0.3, 0.4) is 0 Å². The Labute approximate surface area is 76.3 Å². The Morgan fingerprint density at radius 1 is 0.692 bits per heavy atom. The monoisotopic (exact) mass is 194 g/mol. The van der Waals surface area contributed by atoms with Crippen molar-refractivity contribution in [3.8, 4) is 0 Å². The van der Waals surface area contributed by atoms with Crippen molar-refractivity contribution in [2.75, 3.05) is 0 Å². The normalized spacial score (nSPS) is 33.2. The molecule has 0 unspecified atom stereocenters. The van der Waals surface area contributed by atoms with E-state index < -0.39 is 25.6 Å². The van der Waals surface area contributed by atoms with Gasteiger partial charge < -0.3 is 30.4 Å². The molecule has 0 amide bonds. The lowest BCUT2D eigenvalue weighted by atomic mass is 9.93. The van der Waals surface area contributed by atoms with Crippen LogP contribution in [0.2, 0.25) is 0 Å². The zero-order valence-electron chi connectivity index (χ0n) is 7.11. The highest BCUT2D eigenvalue weighted by atomic mass is 16.5. The Morgan fingerprint density at radius 2 is 0.846 bits per heavy atom. The van der Waals surface area contributed by atoms with Crippen molar-refractivity contribution in [3.05, 3.63) is 0 Å². The summed E-state index contributed by atoms with van der Waals surface area (Å²) in [6.07, 6.45) is -0.290. The standard InChI is InChI=1S/C6H12O3.BH3O3/c7-4-1-5(8)3-6(9)2-4;2-1(3)4/h4-9H,1-3H2;2-4H. The molecule has 6 nitrogen and oxygen atoms in total. The SMILES string of the molecule is OB(O)O.OC1CC(O)CC(O)C1. The maximum atomic E-state index is 8.93. The molecule has 78 valence electrons. The van der Waals surface area contributed by atoms with E-state index in [0.717, 1.165) is 0 Å². The molecule has 7 heteroatoms. The average molecular weight is 194 g/mol. The Kier molecular flexibility index (Phi) is 6.22. The van der Waals surface area contributed by atoms with Crippen molar-refractivity contribution < 1.29 is 30.4 Å². The van der Waals surface area contributed by atoms with Crippen molar-refractivity contribution in [1.82, 2.24) is 0 Å². The van der Waals surface area contributed by atoms with Gasteiger partial charge in [-0.05, 0) is 19.3 Å². The van der Waals surface area contributed by atoms with Crippen LogP contribution in [0.1, 0.15) is 19.3 Å². The molecule has 0 atom stereocenters. The van der Waals surface area contributed by atoms with Crippen molar-refractivity contribution in [2.24, 2.45) is 0 Å². The quantitative estimate of drug-likeness (QED) is 0.232. The molecule has 0 aliphatic heterocycles. The molecular formula is C6H15BO6. The molecule has 0 aromatic heterocycles. The van der Waals surface area contributed by atoms with Crippen LogP contribution in [0.15, 0.2) is 0 Å². The van der Waals surface area contributed by atoms with E-state index in [0.29, 0.717) is 19.3 Å². The molecule has 0 bridgehead atoms. The average Bonchev–Trinajstić information content (AvgIpc) is 1.80. The molecular weight excluding hydrogens is 179 g/mol. The maximum Gasteiger partial charge on any atom is 0.631 e. The van der Waals surface area contributed by atoms with Crippen LogP contribution < -0.4 is 0 Å². The van der Waals surface area contributed by atoms with Gasteiger partial charge in [-0.3, -0.25) is 0 Å². The second-order valence-electron chi connectivity index (χ2n) is 3.01. The molecule has 0 saturated heterocycles. The van der Waals surface area contributed by atoms with Gasteiger partial charge in [0.2, 0.25) is 0 Å². The van der Waals surface area contributed by atoms with Gasteiger partial charge in [-0.2, -0.15) is 0 Å². The van der Waals surface area contributed by atoms with Crippen LogP contribution in [0, 0.1) is 0 Å². The second-order valence-corrected chi connectivity index (χ2v) is 3.01. The molecule has 13 heavy (non-hydrogen) atoms. The Morgan fingerprint density at radius 3 is 1.00 bits per heavy atom. The molecule has 6 N–H and O–H groups in total. The summed E-state index contributed by atoms with van der Waals surface area (Å²) in [5, 5.41) is 48.3. The van der Waals surface area contributed by atoms with Crippen LogP contribution in [0.5, 0.6) is 0 Å². The maximum absolute atomic E-state index is 8.93. The molecule has 0 radical (unpaired) electrons. The van der Waals surface area contributed by atoms with E-state index in [1.165, 1.54) is 0 Å². The van der Waals surface area contributed by atoms with Gasteiger partial charge in [-0.15, -0.1) is 0 Å². The van der Waals surface area contributed by atoms with E-state index in [4.69, 9.17) is 30.4 Å². The van der Waals surface area contributed by atoms with Crippen molar-refractivity contribution >= 4 is 7.32 Å². The summed E-state index contributed by atoms with van der Waals surface area (Å²) in [6, 6.07) is 0. The largest absolute Gasteiger partial charge is 0.631 e. The third kappa shape index (κ3) is 8.16. The van der Waals surface area contributed by atoms with E-state index >= 15 is 0 Å². The number of aliphatic hydroxyl groups excluding tert-OH is 3. The first-order valence-corrected chi connectivity index (χ1v) is 4.00. The third-order valence-electron chi connectivity index (χ3n) is 1.63. The van der Waals surface area contributed by atoms with E-state index in [2.05, 4.69) is 0 Å². The summed E-state index contributed by atoms with van der Waals surface area (Å²) < 4.78 is 0. The molecule has 0 heterocycles. The summed E-state index contributed by atoms with van der Waals surface area (Å²) in [6.45, 7) is 0. The first-order valence-electron chi connectivity index (χ1n) is 4.00. The predicted octanol–water partition coefficient (Wildman–Crippen LogP) is -2.80. The van der Waals surface area contributed by atoms with Gasteiger partial charge in [0.25, 0.3) is 0 Å². The van der Waals surface area contributed by atoms with Gasteiger partial charge in [0.15, 0.2) is 0 Å². The third-order valence-corrected chi connectivity index (χ3v) is 1.63. The highest BCUT2D eigenvalue weighted by Gasteiger charge is 2.24. The molecule has 0 aromatic rings. The van der Waals surface area contributed by atoms with Crippen molar-refractivity contribution in [2.45, 2.75) is 37.6 Å². The highest BCUT2D eigenvalue weighted by Crippen LogP contribution is 2.18. The van der Waals surface area contributed by atoms with Crippen LogP contribution in [0.4, 0.5) is 0 Å². The highest BCUT2D eigenvalue weighted by molar-refractivity contribution is 6.30. The zero-order chi connectivity index (χ0) is 10.4. The molecule has 1 aliphatic carbocycles. The van der Waals surface area contributed by atoms with Gasteiger partial charge >= 0.3 is 7.32 Å². The van der Waals surface area contributed by atoms with Crippen molar-refractivity contribution in [1.29, 1.82) is 0 Å². The minimum Gasteiger partial charge on any atom is -0.402 e. The van der Waals surface area contributed by atoms with Crippen molar-refractivity contribution in [3.63, 3.8) is 0 Å².